The summed E-state index contributed by atoms with van der Waals surface area (Å²) in [7, 11) is 0. The quantitative estimate of drug-likeness (QED) is 0.884. The number of nitrogen functional groups attached to an aromatic ring is 1. The summed E-state index contributed by atoms with van der Waals surface area (Å²) in [6.07, 6.45) is 9.14. The number of ether oxygens (including phenoxy) is 1. The fourth-order valence-corrected chi connectivity index (χ4v) is 5.44. The van der Waals surface area contributed by atoms with Gasteiger partial charge in [0.2, 0.25) is 0 Å². The van der Waals surface area contributed by atoms with Gasteiger partial charge in [-0.3, -0.25) is 4.90 Å². The lowest BCUT2D eigenvalue weighted by Crippen LogP contribution is -2.39. The van der Waals surface area contributed by atoms with Crippen molar-refractivity contribution in [2.24, 2.45) is 11.8 Å². The molecule has 0 unspecified atom stereocenters. The van der Waals surface area contributed by atoms with Gasteiger partial charge >= 0.3 is 0 Å². The van der Waals surface area contributed by atoms with Gasteiger partial charge < -0.3 is 15.0 Å². The number of imidazole rings is 1. The highest BCUT2D eigenvalue weighted by Crippen LogP contribution is 2.58. The molecule has 0 aromatic carbocycles. The third-order valence-corrected chi connectivity index (χ3v) is 7.32. The Bertz CT molecular complexity index is 886. The highest BCUT2D eigenvalue weighted by molar-refractivity contribution is 5.61. The number of rotatable bonds is 4. The Hall–Kier alpha value is -1.92. The zero-order valence-corrected chi connectivity index (χ0v) is 16.6. The number of pyridine rings is 1. The molecule has 6 nitrogen and oxygen atoms in total. The predicted octanol–water partition coefficient (Wildman–Crippen LogP) is 2.99. The van der Waals surface area contributed by atoms with Crippen LogP contribution in [0.15, 0.2) is 18.5 Å². The molecule has 6 heteroatoms. The van der Waals surface area contributed by atoms with Crippen LogP contribution in [0, 0.1) is 18.8 Å². The number of hydrogen-bond donors (Lipinski definition) is 1. The molecule has 0 amide bonds. The van der Waals surface area contributed by atoms with Gasteiger partial charge in [0.25, 0.3) is 0 Å². The number of likely N-dealkylation sites (tertiary alicyclic amines) is 1. The van der Waals surface area contributed by atoms with E-state index in [0.717, 1.165) is 47.9 Å². The van der Waals surface area contributed by atoms with Crippen molar-refractivity contribution in [1.82, 2.24) is 19.4 Å². The van der Waals surface area contributed by atoms with E-state index in [2.05, 4.69) is 26.7 Å². The van der Waals surface area contributed by atoms with Crippen molar-refractivity contribution in [2.75, 3.05) is 32.0 Å². The second kappa shape index (κ2) is 6.29. The van der Waals surface area contributed by atoms with E-state index in [0.29, 0.717) is 17.8 Å². The van der Waals surface area contributed by atoms with E-state index < -0.39 is 0 Å². The highest BCUT2D eigenvalue weighted by Gasteiger charge is 2.58. The zero-order valence-electron chi connectivity index (χ0n) is 16.6. The molecule has 4 fully saturated rings. The second-order valence-corrected chi connectivity index (χ2v) is 9.21. The molecule has 148 valence electrons. The molecule has 0 bridgehead atoms. The minimum atomic E-state index is 0.607. The predicted molar refractivity (Wildman–Crippen MR) is 108 cm³/mol. The molecule has 6 rings (SSSR count). The maximum Gasteiger partial charge on any atom is 0.126 e. The Labute approximate surface area is 166 Å². The van der Waals surface area contributed by atoms with Gasteiger partial charge in [0.05, 0.1) is 5.69 Å². The van der Waals surface area contributed by atoms with Gasteiger partial charge in [0.1, 0.15) is 11.6 Å². The number of aryl methyl sites for hydroxylation is 1. The molecule has 2 aliphatic carbocycles. The van der Waals surface area contributed by atoms with Crippen LogP contribution in [0.1, 0.15) is 49.0 Å². The summed E-state index contributed by atoms with van der Waals surface area (Å²) >= 11 is 0. The lowest BCUT2D eigenvalue weighted by atomic mass is 10.1. The first-order valence-corrected chi connectivity index (χ1v) is 10.8. The molecule has 2 N–H and O–H groups in total. The Morgan fingerprint density at radius 3 is 2.54 bits per heavy atom. The number of nitrogens with zero attached hydrogens (tertiary/aromatic N) is 4. The van der Waals surface area contributed by atoms with Crippen molar-refractivity contribution in [3.8, 4) is 11.3 Å². The van der Waals surface area contributed by atoms with E-state index in [1.165, 1.54) is 44.6 Å². The fourth-order valence-electron chi connectivity index (χ4n) is 5.44. The lowest BCUT2D eigenvalue weighted by molar-refractivity contribution is 0.0370. The van der Waals surface area contributed by atoms with Crippen LogP contribution in [-0.4, -0.2) is 51.8 Å². The molecule has 2 aromatic heterocycles. The van der Waals surface area contributed by atoms with Crippen LogP contribution in [0.4, 0.5) is 5.82 Å². The summed E-state index contributed by atoms with van der Waals surface area (Å²) in [5.74, 6) is 4.17. The van der Waals surface area contributed by atoms with Gasteiger partial charge in [-0.25, -0.2) is 9.97 Å². The molecule has 0 spiro atoms. The minimum Gasteiger partial charge on any atom is -0.383 e. The average Bonchev–Trinajstić information content (AvgIpc) is 3.59. The summed E-state index contributed by atoms with van der Waals surface area (Å²) in [5.41, 5.74) is 9.07. The largest absolute Gasteiger partial charge is 0.383 e. The van der Waals surface area contributed by atoms with Crippen LogP contribution in [0.5, 0.6) is 0 Å². The maximum absolute atomic E-state index is 5.91. The van der Waals surface area contributed by atoms with Crippen molar-refractivity contribution in [3.63, 3.8) is 0 Å². The monoisotopic (exact) mass is 379 g/mol. The van der Waals surface area contributed by atoms with Gasteiger partial charge in [-0.05, 0) is 56.1 Å². The van der Waals surface area contributed by atoms with E-state index in [4.69, 9.17) is 15.5 Å². The average molecular weight is 380 g/mol. The maximum atomic E-state index is 5.91. The summed E-state index contributed by atoms with van der Waals surface area (Å²) in [6, 6.07) is 3.51. The van der Waals surface area contributed by atoms with Crippen LogP contribution in [0.2, 0.25) is 0 Å². The van der Waals surface area contributed by atoms with Crippen molar-refractivity contribution in [2.45, 2.75) is 50.6 Å². The molecule has 2 saturated heterocycles. The Morgan fingerprint density at radius 2 is 1.86 bits per heavy atom. The number of anilines is 1. The molecule has 3 atom stereocenters. The fraction of sp³-hybridized carbons (Fsp3) is 0.636. The third-order valence-electron chi connectivity index (χ3n) is 7.32. The van der Waals surface area contributed by atoms with Crippen molar-refractivity contribution < 1.29 is 4.74 Å². The number of piperidine rings is 1. The van der Waals surface area contributed by atoms with Crippen molar-refractivity contribution >= 4 is 5.82 Å². The molecular formula is C22H29N5O. The number of aromatic nitrogens is 3. The topological polar surface area (TPSA) is 69.2 Å². The van der Waals surface area contributed by atoms with Crippen LogP contribution < -0.4 is 5.73 Å². The van der Waals surface area contributed by atoms with Gasteiger partial charge in [-0.15, -0.1) is 0 Å². The van der Waals surface area contributed by atoms with E-state index >= 15 is 0 Å². The third kappa shape index (κ3) is 2.77. The summed E-state index contributed by atoms with van der Waals surface area (Å²) in [4.78, 5) is 12.1. The molecule has 4 heterocycles. The smallest absolute Gasteiger partial charge is 0.126 e. The normalized spacial score (nSPS) is 30.5. The van der Waals surface area contributed by atoms with E-state index in [1.807, 2.05) is 13.1 Å². The zero-order chi connectivity index (χ0) is 18.8. The number of hydrogen-bond acceptors (Lipinski definition) is 5. The number of fused-ring (bicyclic) bond motifs is 1. The Kier molecular flexibility index (Phi) is 3.82. The van der Waals surface area contributed by atoms with Crippen molar-refractivity contribution in [1.29, 1.82) is 0 Å². The highest BCUT2D eigenvalue weighted by atomic mass is 16.5. The molecule has 4 aliphatic rings. The molecule has 28 heavy (non-hydrogen) atoms. The molecule has 2 aliphatic heterocycles. The Balaban J connectivity index is 1.24. The van der Waals surface area contributed by atoms with E-state index in [1.54, 1.807) is 0 Å². The molecular weight excluding hydrogens is 350 g/mol. The minimum absolute atomic E-state index is 0.607. The summed E-state index contributed by atoms with van der Waals surface area (Å²) < 4.78 is 8.08. The first kappa shape index (κ1) is 17.0. The van der Waals surface area contributed by atoms with Crippen LogP contribution in [-0.2, 0) is 4.74 Å². The molecule has 2 saturated carbocycles. The number of nitrogens with two attached hydrogens (primary N) is 1. The summed E-state index contributed by atoms with van der Waals surface area (Å²) in [5, 5.41) is 0. The van der Waals surface area contributed by atoms with Crippen LogP contribution in [0.25, 0.3) is 11.3 Å². The van der Waals surface area contributed by atoms with Crippen LogP contribution >= 0.6 is 0 Å². The van der Waals surface area contributed by atoms with E-state index in [9.17, 15) is 0 Å². The second-order valence-electron chi connectivity index (χ2n) is 9.21. The van der Waals surface area contributed by atoms with Crippen LogP contribution in [0.3, 0.4) is 0 Å². The SMILES string of the molecule is Cc1cc(-c2cn([C@H]3[C@@H]4CN(C5CCOCC5)C[C@@H]43)c(C3CC3)n2)cnc1N. The Morgan fingerprint density at radius 1 is 1.11 bits per heavy atom. The first-order valence-electron chi connectivity index (χ1n) is 10.8. The van der Waals surface area contributed by atoms with Crippen molar-refractivity contribution in [3.05, 3.63) is 29.8 Å². The van der Waals surface area contributed by atoms with Gasteiger partial charge in [0, 0.05) is 62.3 Å². The first-order chi connectivity index (χ1) is 13.7. The molecule has 2 aromatic rings. The van der Waals surface area contributed by atoms with E-state index in [-0.39, 0.29) is 0 Å². The molecule has 0 radical (unpaired) electrons. The van der Waals surface area contributed by atoms with Gasteiger partial charge in [-0.1, -0.05) is 0 Å². The lowest BCUT2D eigenvalue weighted by Gasteiger charge is -2.32. The van der Waals surface area contributed by atoms with Gasteiger partial charge in [-0.2, -0.15) is 0 Å². The van der Waals surface area contributed by atoms with Gasteiger partial charge in [0.15, 0.2) is 0 Å². The summed E-state index contributed by atoms with van der Waals surface area (Å²) in [6.45, 7) is 6.39. The standard InChI is InChI=1S/C22H29N5O/c1-13-8-15(9-24-21(13)23)19-12-27(22(25-19)14-2-3-14)20-17-10-26(11-18(17)20)16-4-6-28-7-5-16/h8-9,12,14,16-18,20H,2-7,10-11H2,1H3,(H2,23,24)/t17-,18+,20+.